The molecule has 0 saturated carbocycles. The van der Waals surface area contributed by atoms with Crippen molar-refractivity contribution in [2.75, 3.05) is 19.8 Å². The number of hydrogen-bond donors (Lipinski definition) is 2. The zero-order chi connectivity index (χ0) is 14.5. The van der Waals surface area contributed by atoms with E-state index in [9.17, 15) is 5.11 Å². The van der Waals surface area contributed by atoms with Crippen molar-refractivity contribution in [2.24, 2.45) is 5.92 Å². The first-order chi connectivity index (χ1) is 9.63. The van der Waals surface area contributed by atoms with Crippen LogP contribution in [0, 0.1) is 5.92 Å². The number of aliphatic hydroxyl groups is 1. The van der Waals surface area contributed by atoms with Crippen LogP contribution in [0.25, 0.3) is 0 Å². The summed E-state index contributed by atoms with van der Waals surface area (Å²) in [5, 5.41) is 13.9. The summed E-state index contributed by atoms with van der Waals surface area (Å²) in [5.41, 5.74) is 0.838. The van der Waals surface area contributed by atoms with E-state index in [2.05, 4.69) is 25.7 Å². The van der Waals surface area contributed by atoms with E-state index in [1.807, 2.05) is 18.2 Å². The molecule has 2 rings (SSSR count). The largest absolute Gasteiger partial charge is 0.486 e. The number of nitrogens with one attached hydrogen (secondary N) is 1. The fourth-order valence-electron chi connectivity index (χ4n) is 2.38. The third-order valence-corrected chi connectivity index (χ3v) is 3.46. The Morgan fingerprint density at radius 1 is 1.30 bits per heavy atom. The first-order valence-corrected chi connectivity index (χ1v) is 7.05. The molecule has 0 fully saturated rings. The minimum Gasteiger partial charge on any atom is -0.486 e. The van der Waals surface area contributed by atoms with Gasteiger partial charge in [0.2, 0.25) is 0 Å². The third kappa shape index (κ3) is 3.32. The summed E-state index contributed by atoms with van der Waals surface area (Å²) in [5.74, 6) is 1.75. The van der Waals surface area contributed by atoms with Crippen molar-refractivity contribution < 1.29 is 14.6 Å². The van der Waals surface area contributed by atoms with Crippen molar-refractivity contribution >= 4 is 0 Å². The van der Waals surface area contributed by atoms with Crippen LogP contribution in [-0.4, -0.2) is 30.9 Å². The number of aliphatic hydroxyl groups excluding tert-OH is 1. The van der Waals surface area contributed by atoms with Gasteiger partial charge in [-0.2, -0.15) is 0 Å². The summed E-state index contributed by atoms with van der Waals surface area (Å²) in [4.78, 5) is 0. The van der Waals surface area contributed by atoms with Crippen LogP contribution in [0.3, 0.4) is 0 Å². The van der Waals surface area contributed by atoms with Gasteiger partial charge in [0.1, 0.15) is 13.2 Å². The van der Waals surface area contributed by atoms with E-state index < -0.39 is 6.10 Å². The van der Waals surface area contributed by atoms with E-state index in [0.717, 1.165) is 11.3 Å². The summed E-state index contributed by atoms with van der Waals surface area (Å²) in [6.07, 6.45) is 1.21. The van der Waals surface area contributed by atoms with Crippen molar-refractivity contribution in [2.45, 2.75) is 26.0 Å². The SMILES string of the molecule is C=CCNC(C(C)C)C(O)c1ccc2c(c1)OCCO2. The van der Waals surface area contributed by atoms with Crippen molar-refractivity contribution in [1.29, 1.82) is 0 Å². The van der Waals surface area contributed by atoms with Gasteiger partial charge in [-0.25, -0.2) is 0 Å². The quantitative estimate of drug-likeness (QED) is 0.783. The van der Waals surface area contributed by atoms with Gasteiger partial charge in [-0.1, -0.05) is 26.0 Å². The van der Waals surface area contributed by atoms with Gasteiger partial charge in [0.15, 0.2) is 11.5 Å². The summed E-state index contributed by atoms with van der Waals surface area (Å²) in [6.45, 7) is 9.67. The summed E-state index contributed by atoms with van der Waals surface area (Å²) >= 11 is 0. The Bertz CT molecular complexity index is 459. The van der Waals surface area contributed by atoms with Crippen LogP contribution in [0.2, 0.25) is 0 Å². The molecule has 2 unspecified atom stereocenters. The second kappa shape index (κ2) is 6.77. The second-order valence-electron chi connectivity index (χ2n) is 5.31. The Morgan fingerprint density at radius 2 is 2.00 bits per heavy atom. The molecule has 2 N–H and O–H groups in total. The standard InChI is InChI=1S/C16H23NO3/c1-4-7-17-15(11(2)3)16(18)12-5-6-13-14(10-12)20-9-8-19-13/h4-6,10-11,15-18H,1,7-9H2,2-3H3. The van der Waals surface area contributed by atoms with E-state index in [-0.39, 0.29) is 6.04 Å². The molecule has 4 heteroatoms. The van der Waals surface area contributed by atoms with Crippen LogP contribution in [0.4, 0.5) is 0 Å². The van der Waals surface area contributed by atoms with Gasteiger partial charge in [0.25, 0.3) is 0 Å². The first kappa shape index (κ1) is 14.9. The van der Waals surface area contributed by atoms with Gasteiger partial charge in [0.05, 0.1) is 6.10 Å². The molecular formula is C16H23NO3. The molecule has 0 bridgehead atoms. The van der Waals surface area contributed by atoms with Crippen LogP contribution >= 0.6 is 0 Å². The fraction of sp³-hybridized carbons (Fsp3) is 0.500. The summed E-state index contributed by atoms with van der Waals surface area (Å²) < 4.78 is 11.1. The monoisotopic (exact) mass is 277 g/mol. The average molecular weight is 277 g/mol. The van der Waals surface area contributed by atoms with Gasteiger partial charge < -0.3 is 19.9 Å². The molecule has 0 amide bonds. The lowest BCUT2D eigenvalue weighted by atomic mass is 9.93. The van der Waals surface area contributed by atoms with Gasteiger partial charge in [0, 0.05) is 12.6 Å². The molecule has 0 spiro atoms. The van der Waals surface area contributed by atoms with Gasteiger partial charge in [-0.15, -0.1) is 6.58 Å². The lowest BCUT2D eigenvalue weighted by Gasteiger charge is -2.28. The van der Waals surface area contributed by atoms with E-state index in [0.29, 0.717) is 31.4 Å². The highest BCUT2D eigenvalue weighted by Gasteiger charge is 2.24. The highest BCUT2D eigenvalue weighted by Crippen LogP contribution is 2.34. The molecule has 1 aromatic carbocycles. The number of rotatable bonds is 6. The Kier molecular flexibility index (Phi) is 5.04. The Morgan fingerprint density at radius 3 is 2.65 bits per heavy atom. The second-order valence-corrected chi connectivity index (χ2v) is 5.31. The Hall–Kier alpha value is -1.52. The van der Waals surface area contributed by atoms with E-state index in [1.165, 1.54) is 0 Å². The number of ether oxygens (including phenoxy) is 2. The smallest absolute Gasteiger partial charge is 0.161 e. The molecule has 1 aliphatic rings. The van der Waals surface area contributed by atoms with Gasteiger partial charge >= 0.3 is 0 Å². The Labute approximate surface area is 120 Å². The molecule has 110 valence electrons. The Balaban J connectivity index is 2.17. The highest BCUT2D eigenvalue weighted by molar-refractivity contribution is 5.44. The molecule has 4 nitrogen and oxygen atoms in total. The number of hydrogen-bond acceptors (Lipinski definition) is 4. The highest BCUT2D eigenvalue weighted by atomic mass is 16.6. The average Bonchev–Trinajstić information content (AvgIpc) is 2.46. The number of fused-ring (bicyclic) bond motifs is 1. The number of benzene rings is 1. The molecule has 0 aliphatic carbocycles. The lowest BCUT2D eigenvalue weighted by Crippen LogP contribution is -2.39. The summed E-state index contributed by atoms with van der Waals surface area (Å²) in [7, 11) is 0. The molecule has 1 aliphatic heterocycles. The first-order valence-electron chi connectivity index (χ1n) is 7.05. The van der Waals surface area contributed by atoms with Crippen LogP contribution < -0.4 is 14.8 Å². The fourth-order valence-corrected chi connectivity index (χ4v) is 2.38. The van der Waals surface area contributed by atoms with Crippen molar-refractivity contribution in [3.05, 3.63) is 36.4 Å². The van der Waals surface area contributed by atoms with E-state index in [1.54, 1.807) is 6.08 Å². The maximum Gasteiger partial charge on any atom is 0.161 e. The topological polar surface area (TPSA) is 50.7 Å². The zero-order valence-electron chi connectivity index (χ0n) is 12.1. The van der Waals surface area contributed by atoms with Crippen LogP contribution in [0.15, 0.2) is 30.9 Å². The molecule has 0 radical (unpaired) electrons. The maximum absolute atomic E-state index is 10.6. The minimum atomic E-state index is -0.592. The molecule has 2 atom stereocenters. The van der Waals surface area contributed by atoms with Crippen LogP contribution in [0.1, 0.15) is 25.5 Å². The molecule has 0 saturated heterocycles. The van der Waals surface area contributed by atoms with Gasteiger partial charge in [-0.05, 0) is 23.6 Å². The molecule has 20 heavy (non-hydrogen) atoms. The van der Waals surface area contributed by atoms with Gasteiger partial charge in [-0.3, -0.25) is 0 Å². The lowest BCUT2D eigenvalue weighted by molar-refractivity contribution is 0.106. The molecule has 1 heterocycles. The predicted molar refractivity (Wildman–Crippen MR) is 79.2 cm³/mol. The van der Waals surface area contributed by atoms with Crippen molar-refractivity contribution in [3.63, 3.8) is 0 Å². The van der Waals surface area contributed by atoms with Crippen molar-refractivity contribution in [1.82, 2.24) is 5.32 Å². The zero-order valence-corrected chi connectivity index (χ0v) is 12.1. The van der Waals surface area contributed by atoms with E-state index >= 15 is 0 Å². The van der Waals surface area contributed by atoms with Crippen molar-refractivity contribution in [3.8, 4) is 11.5 Å². The predicted octanol–water partition coefficient (Wildman–Crippen LogP) is 2.29. The maximum atomic E-state index is 10.6. The van der Waals surface area contributed by atoms with Crippen LogP contribution in [0.5, 0.6) is 11.5 Å². The normalized spacial score (nSPS) is 16.8. The molecular weight excluding hydrogens is 254 g/mol. The molecule has 0 aromatic heterocycles. The third-order valence-electron chi connectivity index (χ3n) is 3.46. The molecule has 1 aromatic rings. The summed E-state index contributed by atoms with van der Waals surface area (Å²) in [6, 6.07) is 5.58. The minimum absolute atomic E-state index is 0.0319. The van der Waals surface area contributed by atoms with Crippen LogP contribution in [-0.2, 0) is 0 Å². The van der Waals surface area contributed by atoms with E-state index in [4.69, 9.17) is 9.47 Å².